The van der Waals surface area contributed by atoms with Crippen molar-refractivity contribution in [3.8, 4) is 0 Å². The average Bonchev–Trinajstić information content (AvgIpc) is 3.01. The summed E-state index contributed by atoms with van der Waals surface area (Å²) < 4.78 is 0. The summed E-state index contributed by atoms with van der Waals surface area (Å²) in [6.45, 7) is 6.03. The quantitative estimate of drug-likeness (QED) is 0.708. The van der Waals surface area contributed by atoms with Crippen molar-refractivity contribution in [3.05, 3.63) is 11.1 Å². The number of carbonyl (C=O) groups excluding carboxylic acids is 3. The summed E-state index contributed by atoms with van der Waals surface area (Å²) in [5.41, 5.74) is 5.17. The smallest absolute Gasteiger partial charge is 0.317 e. The first-order valence-electron chi connectivity index (χ1n) is 8.43. The van der Waals surface area contributed by atoms with Gasteiger partial charge in [-0.25, -0.2) is 9.78 Å². The molecule has 1 atom stereocenters. The van der Waals surface area contributed by atoms with Crippen molar-refractivity contribution in [2.75, 3.05) is 25.0 Å². The van der Waals surface area contributed by atoms with Gasteiger partial charge in [-0.05, 0) is 24.7 Å². The van der Waals surface area contributed by atoms with Crippen LogP contribution in [0.1, 0.15) is 42.8 Å². The molecule has 0 aromatic carbocycles. The van der Waals surface area contributed by atoms with E-state index in [2.05, 4.69) is 15.6 Å². The minimum Gasteiger partial charge on any atom is -0.365 e. The van der Waals surface area contributed by atoms with Gasteiger partial charge in [0.2, 0.25) is 5.91 Å². The van der Waals surface area contributed by atoms with Crippen LogP contribution in [0.4, 0.5) is 9.93 Å². The van der Waals surface area contributed by atoms with Gasteiger partial charge in [-0.15, -0.1) is 0 Å². The van der Waals surface area contributed by atoms with Crippen LogP contribution in [0, 0.1) is 11.8 Å². The van der Waals surface area contributed by atoms with E-state index in [1.54, 1.807) is 4.90 Å². The van der Waals surface area contributed by atoms with Crippen molar-refractivity contribution in [1.82, 2.24) is 15.2 Å². The molecule has 1 aliphatic rings. The number of nitrogens with one attached hydrogen (secondary N) is 2. The fraction of sp³-hybridized carbons (Fsp3) is 0.625. The molecule has 8 nitrogen and oxygen atoms in total. The number of thiazole rings is 1. The first kappa shape index (κ1) is 19.2. The van der Waals surface area contributed by atoms with Crippen molar-refractivity contribution in [2.45, 2.75) is 33.1 Å². The van der Waals surface area contributed by atoms with E-state index in [-0.39, 0.29) is 17.9 Å². The maximum absolute atomic E-state index is 12.2. The summed E-state index contributed by atoms with van der Waals surface area (Å²) in [4.78, 5) is 41.4. The zero-order valence-corrected chi connectivity index (χ0v) is 15.4. The number of hydrogen-bond donors (Lipinski definition) is 3. The number of primary amides is 1. The molecule has 138 valence electrons. The van der Waals surface area contributed by atoms with E-state index in [1.807, 2.05) is 13.8 Å². The fourth-order valence-electron chi connectivity index (χ4n) is 2.70. The van der Waals surface area contributed by atoms with E-state index in [9.17, 15) is 14.4 Å². The van der Waals surface area contributed by atoms with E-state index < -0.39 is 5.91 Å². The number of aromatic nitrogens is 1. The standard InChI is InChI=1S/C16H25N5O3S/c1-10(2)7-19-16(24)21-5-3-4-11(9-21)6-13(22)20-15-18-8-12(25-15)14(17)23/h8,10-11H,3-7,9H2,1-2H3,(H2,17,23)(H,19,24)(H,18,20,22). The van der Waals surface area contributed by atoms with Crippen LogP contribution in [0.2, 0.25) is 0 Å². The Bertz CT molecular complexity index is 631. The SMILES string of the molecule is CC(C)CNC(=O)N1CCCC(CC(=O)Nc2ncc(C(N)=O)s2)C1. The Morgan fingerprint density at radius 2 is 2.20 bits per heavy atom. The molecule has 1 aromatic heterocycles. The second-order valence-corrected chi connectivity index (χ2v) is 7.71. The highest BCUT2D eigenvalue weighted by molar-refractivity contribution is 7.17. The molecule has 1 aliphatic heterocycles. The molecule has 2 heterocycles. The molecule has 0 bridgehead atoms. The second-order valence-electron chi connectivity index (χ2n) is 6.68. The number of piperidine rings is 1. The topological polar surface area (TPSA) is 117 Å². The van der Waals surface area contributed by atoms with Crippen molar-refractivity contribution in [1.29, 1.82) is 0 Å². The molecule has 1 aromatic rings. The van der Waals surface area contributed by atoms with E-state index in [0.717, 1.165) is 30.7 Å². The number of amides is 4. The Kier molecular flexibility index (Phi) is 6.74. The third-order valence-corrected chi connectivity index (χ3v) is 4.86. The van der Waals surface area contributed by atoms with Crippen molar-refractivity contribution < 1.29 is 14.4 Å². The van der Waals surface area contributed by atoms with Crippen molar-refractivity contribution in [2.24, 2.45) is 17.6 Å². The molecule has 9 heteroatoms. The summed E-state index contributed by atoms with van der Waals surface area (Å²) >= 11 is 1.05. The fourth-order valence-corrected chi connectivity index (χ4v) is 3.38. The molecule has 1 unspecified atom stereocenters. The van der Waals surface area contributed by atoms with E-state index in [0.29, 0.717) is 35.4 Å². The molecular formula is C16H25N5O3S. The Balaban J connectivity index is 1.81. The summed E-state index contributed by atoms with van der Waals surface area (Å²) in [6, 6.07) is -0.0650. The lowest BCUT2D eigenvalue weighted by molar-refractivity contribution is -0.117. The normalized spacial score (nSPS) is 17.4. The maximum Gasteiger partial charge on any atom is 0.317 e. The molecule has 2 rings (SSSR count). The van der Waals surface area contributed by atoms with Crippen LogP contribution >= 0.6 is 11.3 Å². The van der Waals surface area contributed by atoms with Gasteiger partial charge in [0.25, 0.3) is 5.91 Å². The van der Waals surface area contributed by atoms with Crippen LogP contribution in [-0.4, -0.2) is 47.4 Å². The lowest BCUT2D eigenvalue weighted by atomic mass is 9.94. The first-order chi connectivity index (χ1) is 11.8. The molecule has 0 radical (unpaired) electrons. The van der Waals surface area contributed by atoms with Crippen LogP contribution in [0.25, 0.3) is 0 Å². The molecule has 0 aliphatic carbocycles. The Labute approximate surface area is 151 Å². The largest absolute Gasteiger partial charge is 0.365 e. The summed E-state index contributed by atoms with van der Waals surface area (Å²) in [5.74, 6) is -0.207. The van der Waals surface area contributed by atoms with Gasteiger partial charge < -0.3 is 21.3 Å². The van der Waals surface area contributed by atoms with Gasteiger partial charge in [0.1, 0.15) is 4.88 Å². The summed E-state index contributed by atoms with van der Waals surface area (Å²) in [5, 5.41) is 5.97. The number of urea groups is 1. The molecule has 4 N–H and O–H groups in total. The van der Waals surface area contributed by atoms with E-state index >= 15 is 0 Å². The first-order valence-corrected chi connectivity index (χ1v) is 9.25. The van der Waals surface area contributed by atoms with Crippen LogP contribution in [0.3, 0.4) is 0 Å². The molecule has 1 saturated heterocycles. The predicted molar refractivity (Wildman–Crippen MR) is 96.4 cm³/mol. The Morgan fingerprint density at radius 3 is 2.84 bits per heavy atom. The molecule has 4 amide bonds. The Hall–Kier alpha value is -2.16. The number of likely N-dealkylation sites (tertiary alicyclic amines) is 1. The number of rotatable bonds is 6. The van der Waals surface area contributed by atoms with Crippen molar-refractivity contribution in [3.63, 3.8) is 0 Å². The lowest BCUT2D eigenvalue weighted by Gasteiger charge is -2.32. The molecule has 1 fully saturated rings. The number of nitrogens with zero attached hydrogens (tertiary/aromatic N) is 2. The zero-order chi connectivity index (χ0) is 18.4. The molecule has 0 spiro atoms. The number of nitrogens with two attached hydrogens (primary N) is 1. The number of hydrogen-bond acceptors (Lipinski definition) is 5. The van der Waals surface area contributed by atoms with E-state index in [1.165, 1.54) is 6.20 Å². The second kappa shape index (κ2) is 8.80. The Morgan fingerprint density at radius 1 is 1.44 bits per heavy atom. The highest BCUT2D eigenvalue weighted by Crippen LogP contribution is 2.22. The van der Waals surface area contributed by atoms with Crippen molar-refractivity contribution >= 4 is 34.3 Å². The molecule has 0 saturated carbocycles. The number of anilines is 1. The third-order valence-electron chi connectivity index (χ3n) is 3.94. The monoisotopic (exact) mass is 367 g/mol. The molecular weight excluding hydrogens is 342 g/mol. The maximum atomic E-state index is 12.2. The van der Waals surface area contributed by atoms with E-state index in [4.69, 9.17) is 5.73 Å². The average molecular weight is 367 g/mol. The van der Waals surface area contributed by atoms with Gasteiger partial charge in [0.05, 0.1) is 6.20 Å². The molecule has 25 heavy (non-hydrogen) atoms. The van der Waals surface area contributed by atoms with Crippen LogP contribution in [-0.2, 0) is 4.79 Å². The van der Waals surface area contributed by atoms with Gasteiger partial charge in [-0.1, -0.05) is 25.2 Å². The lowest BCUT2D eigenvalue weighted by Crippen LogP contribution is -2.46. The highest BCUT2D eigenvalue weighted by atomic mass is 32.1. The van der Waals surface area contributed by atoms with Gasteiger partial charge in [0.15, 0.2) is 5.13 Å². The van der Waals surface area contributed by atoms with Gasteiger partial charge >= 0.3 is 6.03 Å². The predicted octanol–water partition coefficient (Wildman–Crippen LogP) is 1.65. The van der Waals surface area contributed by atoms with Crippen LogP contribution in [0.5, 0.6) is 0 Å². The van der Waals surface area contributed by atoms with Gasteiger partial charge in [0, 0.05) is 26.1 Å². The minimum atomic E-state index is -0.562. The minimum absolute atomic E-state index is 0.0650. The van der Waals surface area contributed by atoms with Crippen LogP contribution < -0.4 is 16.4 Å². The highest BCUT2D eigenvalue weighted by Gasteiger charge is 2.25. The number of carbonyl (C=O) groups is 3. The summed E-state index contributed by atoms with van der Waals surface area (Å²) in [7, 11) is 0. The van der Waals surface area contributed by atoms with Crippen LogP contribution in [0.15, 0.2) is 6.20 Å². The third kappa shape index (κ3) is 6.00. The van der Waals surface area contributed by atoms with Gasteiger partial charge in [-0.3, -0.25) is 9.59 Å². The summed E-state index contributed by atoms with van der Waals surface area (Å²) in [6.07, 6.45) is 3.46. The zero-order valence-electron chi connectivity index (χ0n) is 14.6. The van der Waals surface area contributed by atoms with Gasteiger partial charge in [-0.2, -0.15) is 0 Å².